The molecule has 0 radical (unpaired) electrons. The maximum absolute atomic E-state index is 9.36. The van der Waals surface area contributed by atoms with Crippen LogP contribution >= 0.6 is 0 Å². The van der Waals surface area contributed by atoms with E-state index in [2.05, 4.69) is 32.7 Å². The van der Waals surface area contributed by atoms with Crippen LogP contribution in [0.5, 0.6) is 0 Å². The van der Waals surface area contributed by atoms with Gasteiger partial charge in [0.1, 0.15) is 0 Å². The fourth-order valence-corrected chi connectivity index (χ4v) is 0.341. The summed E-state index contributed by atoms with van der Waals surface area (Å²) in [6.45, 7) is 6.57. The Kier molecular flexibility index (Phi) is 9.17. The van der Waals surface area contributed by atoms with Gasteiger partial charge < -0.3 is 19.1 Å². The van der Waals surface area contributed by atoms with Gasteiger partial charge in [-0.2, -0.15) is 0 Å². The first-order valence-corrected chi connectivity index (χ1v) is 4.40. The molecule has 80 valence electrons. The molecule has 0 aromatic carbocycles. The fourth-order valence-electron chi connectivity index (χ4n) is 0.341. The van der Waals surface area contributed by atoms with Crippen molar-refractivity contribution < 1.29 is 19.1 Å². The number of aliphatic carboxylic acids is 1. The summed E-state index contributed by atoms with van der Waals surface area (Å²) in [7, 11) is 5.77. The van der Waals surface area contributed by atoms with E-state index >= 15 is 0 Å². The van der Waals surface area contributed by atoms with Crippen molar-refractivity contribution in [3.63, 3.8) is 0 Å². The summed E-state index contributed by atoms with van der Waals surface area (Å²) in [5.74, 6) is -1.18. The molecule has 0 N–H and O–H groups in total. The highest BCUT2D eigenvalue weighted by Gasteiger charge is 2.04. The zero-order valence-corrected chi connectivity index (χ0v) is 9.29. The molecule has 0 heterocycles. The van der Waals surface area contributed by atoms with Crippen molar-refractivity contribution in [2.24, 2.45) is 0 Å². The van der Waals surface area contributed by atoms with E-state index < -0.39 is 5.97 Å². The molecule has 0 aromatic heterocycles. The normalized spacial score (nSPS) is 10.2. The number of hydrogen-bond donors (Lipinski definition) is 0. The largest absolute Gasteiger partial charge is 0.548 e. The number of carboxylic acid groups (broad SMARTS) is 1. The third kappa shape index (κ3) is 14.3. The Morgan fingerprint density at radius 2 is 1.69 bits per heavy atom. The molecule has 0 atom stereocenters. The number of ether oxygens (including phenoxy) is 1. The average molecular weight is 191 g/mol. The van der Waals surface area contributed by atoms with Gasteiger partial charge in [0.05, 0.1) is 39.8 Å². The van der Waals surface area contributed by atoms with Gasteiger partial charge in [-0.05, 0) is 13.8 Å². The number of rotatable bonds is 4. The Morgan fingerprint density at radius 3 is 1.69 bits per heavy atom. The van der Waals surface area contributed by atoms with Gasteiger partial charge in [0.15, 0.2) is 0 Å². The molecule has 0 fully saturated rings. The van der Waals surface area contributed by atoms with Gasteiger partial charge in [0.25, 0.3) is 0 Å². The molecule has 0 unspecified atom stereocenters. The molecule has 0 saturated heterocycles. The maximum atomic E-state index is 9.36. The predicted octanol–water partition coefficient (Wildman–Crippen LogP) is -0.515. The van der Waals surface area contributed by atoms with Gasteiger partial charge in [-0.1, -0.05) is 0 Å². The minimum Gasteiger partial charge on any atom is -0.548 e. The third-order valence-electron chi connectivity index (χ3n) is 1.97. The van der Waals surface area contributed by atoms with Gasteiger partial charge in [-0.25, -0.2) is 0 Å². The lowest BCUT2D eigenvalue weighted by atomic mass is 10.5. The van der Waals surface area contributed by atoms with E-state index in [4.69, 9.17) is 0 Å². The van der Waals surface area contributed by atoms with E-state index in [-0.39, 0.29) is 6.61 Å². The molecular formula is C9H21NO3. The maximum Gasteiger partial charge on any atom is 0.0857 e. The van der Waals surface area contributed by atoms with Crippen LogP contribution in [-0.2, 0) is 9.53 Å². The number of hydrogen-bond acceptors (Lipinski definition) is 3. The van der Waals surface area contributed by atoms with Crippen molar-refractivity contribution in [1.82, 2.24) is 0 Å². The van der Waals surface area contributed by atoms with Crippen molar-refractivity contribution in [2.45, 2.75) is 13.8 Å². The second kappa shape index (κ2) is 8.01. The summed E-state index contributed by atoms with van der Waals surface area (Å²) in [6.07, 6.45) is 0. The van der Waals surface area contributed by atoms with Crippen molar-refractivity contribution in [2.75, 3.05) is 40.9 Å². The van der Waals surface area contributed by atoms with Gasteiger partial charge in [0.2, 0.25) is 0 Å². The van der Waals surface area contributed by atoms with Crippen molar-refractivity contribution in [3.8, 4) is 0 Å². The summed E-state index contributed by atoms with van der Waals surface area (Å²) in [4.78, 5) is 9.36. The summed E-state index contributed by atoms with van der Waals surface area (Å²) in [5.41, 5.74) is 0. The van der Waals surface area contributed by atoms with E-state index in [1.807, 2.05) is 0 Å². The second-order valence-electron chi connectivity index (χ2n) is 3.37. The minimum absolute atomic E-state index is 0.319. The summed E-state index contributed by atoms with van der Waals surface area (Å²) in [6, 6.07) is 0. The zero-order chi connectivity index (χ0) is 10.9. The minimum atomic E-state index is -1.18. The van der Waals surface area contributed by atoms with E-state index in [0.29, 0.717) is 0 Å². The molecule has 0 bridgehead atoms. The summed E-state index contributed by atoms with van der Waals surface area (Å²) in [5, 5.41) is 9.36. The van der Waals surface area contributed by atoms with Crippen LogP contribution in [0, 0.1) is 0 Å². The molecule has 0 aromatic rings. The number of methoxy groups -OCH3 is 1. The summed E-state index contributed by atoms with van der Waals surface area (Å²) < 4.78 is 5.28. The van der Waals surface area contributed by atoms with Crippen LogP contribution < -0.4 is 5.11 Å². The molecule has 4 nitrogen and oxygen atoms in total. The molecule has 0 aliphatic heterocycles. The number of carbonyl (C=O) groups is 1. The standard InChI is InChI=1S/C6H16N.C3H6O3/c1-5-7(3,4)6-2;1-6-2-3(4)5/h5-6H2,1-4H3;2H2,1H3,(H,4,5)/q+1;/p-1. The van der Waals surface area contributed by atoms with E-state index in [1.54, 1.807) is 0 Å². The highest BCUT2D eigenvalue weighted by molar-refractivity contribution is 5.65. The lowest BCUT2D eigenvalue weighted by Crippen LogP contribution is -2.38. The molecule has 0 aliphatic carbocycles. The van der Waals surface area contributed by atoms with Gasteiger partial charge >= 0.3 is 0 Å². The molecular weight excluding hydrogens is 170 g/mol. The SMILES string of the molecule is CC[N+](C)(C)CC.COCC(=O)[O-]. The van der Waals surface area contributed by atoms with Crippen LogP contribution in [0.25, 0.3) is 0 Å². The van der Waals surface area contributed by atoms with E-state index in [0.717, 1.165) is 4.48 Å². The first-order valence-electron chi connectivity index (χ1n) is 4.40. The number of carbonyl (C=O) groups excluding carboxylic acids is 1. The Morgan fingerprint density at radius 1 is 1.31 bits per heavy atom. The molecule has 0 amide bonds. The molecule has 0 saturated carbocycles. The quantitative estimate of drug-likeness (QED) is 0.562. The van der Waals surface area contributed by atoms with Crippen molar-refractivity contribution in [1.29, 1.82) is 0 Å². The Hall–Kier alpha value is -0.610. The van der Waals surface area contributed by atoms with Crippen LogP contribution in [0.2, 0.25) is 0 Å². The number of carboxylic acids is 1. The first kappa shape index (κ1) is 14.9. The monoisotopic (exact) mass is 191 g/mol. The van der Waals surface area contributed by atoms with E-state index in [9.17, 15) is 9.90 Å². The first-order chi connectivity index (χ1) is 5.89. The number of nitrogens with zero attached hydrogens (tertiary/aromatic N) is 1. The lowest BCUT2D eigenvalue weighted by Gasteiger charge is -2.25. The number of quaternary nitrogens is 1. The highest BCUT2D eigenvalue weighted by atomic mass is 16.5. The fraction of sp³-hybridized carbons (Fsp3) is 0.889. The van der Waals surface area contributed by atoms with Gasteiger partial charge in [-0.15, -0.1) is 0 Å². The summed E-state index contributed by atoms with van der Waals surface area (Å²) >= 11 is 0. The van der Waals surface area contributed by atoms with Crippen LogP contribution in [0.1, 0.15) is 13.8 Å². The molecule has 0 aliphatic rings. The smallest absolute Gasteiger partial charge is 0.0857 e. The zero-order valence-electron chi connectivity index (χ0n) is 9.29. The van der Waals surface area contributed by atoms with Gasteiger partial charge in [-0.3, -0.25) is 0 Å². The third-order valence-corrected chi connectivity index (χ3v) is 1.97. The van der Waals surface area contributed by atoms with Crippen molar-refractivity contribution >= 4 is 5.97 Å². The topological polar surface area (TPSA) is 49.4 Å². The Labute approximate surface area is 80.7 Å². The molecule has 4 heteroatoms. The van der Waals surface area contributed by atoms with Crippen LogP contribution in [-0.4, -0.2) is 51.4 Å². The van der Waals surface area contributed by atoms with Gasteiger partial charge in [0, 0.05) is 7.11 Å². The van der Waals surface area contributed by atoms with Crippen LogP contribution in [0.3, 0.4) is 0 Å². The van der Waals surface area contributed by atoms with Crippen molar-refractivity contribution in [3.05, 3.63) is 0 Å². The van der Waals surface area contributed by atoms with Crippen LogP contribution in [0.4, 0.5) is 0 Å². The second-order valence-corrected chi connectivity index (χ2v) is 3.37. The molecule has 13 heavy (non-hydrogen) atoms. The van der Waals surface area contributed by atoms with E-state index in [1.165, 1.54) is 20.2 Å². The molecule has 0 spiro atoms. The Bertz CT molecular complexity index is 129. The lowest BCUT2D eigenvalue weighted by molar-refractivity contribution is -0.886. The van der Waals surface area contributed by atoms with Crippen LogP contribution in [0.15, 0.2) is 0 Å². The average Bonchev–Trinajstić information content (AvgIpc) is 2.05. The predicted molar refractivity (Wildman–Crippen MR) is 50.1 cm³/mol. The highest BCUT2D eigenvalue weighted by Crippen LogP contribution is 1.91. The Balaban J connectivity index is 0. The molecule has 0 rings (SSSR count).